The summed E-state index contributed by atoms with van der Waals surface area (Å²) in [5, 5.41) is 3.35. The highest BCUT2D eigenvalue weighted by molar-refractivity contribution is 5.40. The Morgan fingerprint density at radius 2 is 1.89 bits per heavy atom. The fourth-order valence-corrected chi connectivity index (χ4v) is 2.34. The summed E-state index contributed by atoms with van der Waals surface area (Å²) in [7, 11) is 3.66. The Kier molecular flexibility index (Phi) is 4.17. The Labute approximate surface area is 114 Å². The summed E-state index contributed by atoms with van der Waals surface area (Å²) in [6.07, 6.45) is 3.78. The molecule has 0 aliphatic rings. The highest BCUT2D eigenvalue weighted by Crippen LogP contribution is 2.26. The number of methoxy groups -OCH3 is 1. The molecule has 0 amide bonds. The first-order chi connectivity index (χ1) is 9.15. The maximum absolute atomic E-state index is 5.31. The molecule has 100 valence electrons. The maximum Gasteiger partial charge on any atom is 0.121 e. The Bertz CT molecular complexity index is 566. The second kappa shape index (κ2) is 5.85. The van der Waals surface area contributed by atoms with Gasteiger partial charge in [0, 0.05) is 12.4 Å². The molecule has 1 unspecified atom stereocenters. The Morgan fingerprint density at radius 3 is 2.47 bits per heavy atom. The normalized spacial score (nSPS) is 12.2. The molecule has 0 radical (unpaired) electrons. The zero-order valence-corrected chi connectivity index (χ0v) is 11.9. The van der Waals surface area contributed by atoms with E-state index >= 15 is 0 Å². The molecule has 0 fully saturated rings. The largest absolute Gasteiger partial charge is 0.496 e. The van der Waals surface area contributed by atoms with Crippen LogP contribution in [0.1, 0.15) is 28.3 Å². The summed E-state index contributed by atoms with van der Waals surface area (Å²) in [5.74, 6) is 0.918. The first-order valence-electron chi connectivity index (χ1n) is 6.39. The van der Waals surface area contributed by atoms with Crippen LogP contribution in [0.2, 0.25) is 0 Å². The van der Waals surface area contributed by atoms with Crippen molar-refractivity contribution < 1.29 is 4.74 Å². The van der Waals surface area contributed by atoms with Crippen LogP contribution in [0, 0.1) is 13.8 Å². The highest BCUT2D eigenvalue weighted by atomic mass is 16.5. The minimum Gasteiger partial charge on any atom is -0.496 e. The minimum atomic E-state index is 0.150. The average molecular weight is 256 g/mol. The van der Waals surface area contributed by atoms with Gasteiger partial charge in [-0.15, -0.1) is 0 Å². The molecular formula is C16H20N2O. The summed E-state index contributed by atoms with van der Waals surface area (Å²) < 4.78 is 5.31. The molecule has 0 aliphatic heterocycles. The van der Waals surface area contributed by atoms with Crippen molar-refractivity contribution in [1.29, 1.82) is 0 Å². The molecule has 3 heteroatoms. The number of pyridine rings is 1. The number of benzene rings is 1. The van der Waals surface area contributed by atoms with Gasteiger partial charge in [-0.3, -0.25) is 4.98 Å². The molecule has 3 nitrogen and oxygen atoms in total. The number of rotatable bonds is 4. The lowest BCUT2D eigenvalue weighted by Gasteiger charge is -2.18. The van der Waals surface area contributed by atoms with Crippen molar-refractivity contribution in [2.75, 3.05) is 14.2 Å². The van der Waals surface area contributed by atoms with Gasteiger partial charge < -0.3 is 10.1 Å². The summed E-state index contributed by atoms with van der Waals surface area (Å²) in [5.41, 5.74) is 4.70. The SMILES string of the molecule is CNC(c1cncc(C)c1)c1ccc(OC)c(C)c1. The molecular weight excluding hydrogens is 236 g/mol. The van der Waals surface area contributed by atoms with Gasteiger partial charge in [-0.25, -0.2) is 0 Å². The van der Waals surface area contributed by atoms with Gasteiger partial charge >= 0.3 is 0 Å². The highest BCUT2D eigenvalue weighted by Gasteiger charge is 2.13. The van der Waals surface area contributed by atoms with E-state index in [4.69, 9.17) is 4.74 Å². The van der Waals surface area contributed by atoms with E-state index in [0.717, 1.165) is 11.3 Å². The van der Waals surface area contributed by atoms with Crippen molar-refractivity contribution in [3.63, 3.8) is 0 Å². The van der Waals surface area contributed by atoms with E-state index in [1.54, 1.807) is 7.11 Å². The number of hydrogen-bond acceptors (Lipinski definition) is 3. The van der Waals surface area contributed by atoms with Crippen molar-refractivity contribution in [2.24, 2.45) is 0 Å². The monoisotopic (exact) mass is 256 g/mol. The van der Waals surface area contributed by atoms with Crippen LogP contribution < -0.4 is 10.1 Å². The van der Waals surface area contributed by atoms with Crippen LogP contribution in [-0.4, -0.2) is 19.1 Å². The second-order valence-electron chi connectivity index (χ2n) is 4.75. The average Bonchev–Trinajstić information content (AvgIpc) is 2.40. The van der Waals surface area contributed by atoms with Crippen LogP contribution >= 0.6 is 0 Å². The van der Waals surface area contributed by atoms with Crippen LogP contribution in [0.15, 0.2) is 36.7 Å². The smallest absolute Gasteiger partial charge is 0.121 e. The van der Waals surface area contributed by atoms with Crippen LogP contribution in [0.3, 0.4) is 0 Å². The Hall–Kier alpha value is -1.87. The van der Waals surface area contributed by atoms with Gasteiger partial charge in [-0.05, 0) is 49.2 Å². The number of hydrogen-bond donors (Lipinski definition) is 1. The topological polar surface area (TPSA) is 34.2 Å². The lowest BCUT2D eigenvalue weighted by molar-refractivity contribution is 0.411. The zero-order valence-electron chi connectivity index (χ0n) is 11.9. The zero-order chi connectivity index (χ0) is 13.8. The van der Waals surface area contributed by atoms with E-state index in [1.807, 2.05) is 25.5 Å². The summed E-state index contributed by atoms with van der Waals surface area (Å²) >= 11 is 0. The van der Waals surface area contributed by atoms with Crippen molar-refractivity contribution >= 4 is 0 Å². The van der Waals surface area contributed by atoms with Gasteiger partial charge in [0.2, 0.25) is 0 Å². The summed E-state index contributed by atoms with van der Waals surface area (Å²) in [6, 6.07) is 8.57. The van der Waals surface area contributed by atoms with Crippen LogP contribution in [-0.2, 0) is 0 Å². The van der Waals surface area contributed by atoms with Crippen molar-refractivity contribution in [3.8, 4) is 5.75 Å². The Balaban J connectivity index is 2.39. The van der Waals surface area contributed by atoms with Gasteiger partial charge in [-0.1, -0.05) is 18.2 Å². The van der Waals surface area contributed by atoms with Crippen LogP contribution in [0.4, 0.5) is 0 Å². The molecule has 2 aromatic rings. The first kappa shape index (κ1) is 13.6. The summed E-state index contributed by atoms with van der Waals surface area (Å²) in [6.45, 7) is 4.12. The van der Waals surface area contributed by atoms with E-state index in [-0.39, 0.29) is 6.04 Å². The van der Waals surface area contributed by atoms with E-state index in [9.17, 15) is 0 Å². The van der Waals surface area contributed by atoms with Crippen molar-refractivity contribution in [2.45, 2.75) is 19.9 Å². The fourth-order valence-electron chi connectivity index (χ4n) is 2.34. The van der Waals surface area contributed by atoms with Gasteiger partial charge in [-0.2, -0.15) is 0 Å². The molecule has 0 aliphatic carbocycles. The van der Waals surface area contributed by atoms with Gasteiger partial charge in [0.05, 0.1) is 13.2 Å². The number of nitrogens with zero attached hydrogens (tertiary/aromatic N) is 1. The molecule has 1 aromatic carbocycles. The molecule has 0 saturated carbocycles. The van der Waals surface area contributed by atoms with Gasteiger partial charge in [0.25, 0.3) is 0 Å². The summed E-state index contributed by atoms with van der Waals surface area (Å²) in [4.78, 5) is 4.27. The predicted octanol–water partition coefficient (Wildman–Crippen LogP) is 3.02. The lowest BCUT2D eigenvalue weighted by Crippen LogP contribution is -2.18. The predicted molar refractivity (Wildman–Crippen MR) is 77.6 cm³/mol. The third-order valence-corrected chi connectivity index (χ3v) is 3.27. The van der Waals surface area contributed by atoms with Gasteiger partial charge in [0.15, 0.2) is 0 Å². The molecule has 19 heavy (non-hydrogen) atoms. The minimum absolute atomic E-state index is 0.150. The standard InChI is InChI=1S/C16H20N2O/c1-11-7-14(10-18-9-11)16(17-3)13-5-6-15(19-4)12(2)8-13/h5-10,16-17H,1-4H3. The molecule has 0 bridgehead atoms. The van der Waals surface area contributed by atoms with Crippen LogP contribution in [0.5, 0.6) is 5.75 Å². The molecule has 1 aromatic heterocycles. The third-order valence-electron chi connectivity index (χ3n) is 3.27. The molecule has 1 N–H and O–H groups in total. The molecule has 0 saturated heterocycles. The molecule has 1 atom stereocenters. The van der Waals surface area contributed by atoms with E-state index in [1.165, 1.54) is 16.7 Å². The van der Waals surface area contributed by atoms with Crippen molar-refractivity contribution in [3.05, 3.63) is 58.9 Å². The fraction of sp³-hybridized carbons (Fsp3) is 0.312. The first-order valence-corrected chi connectivity index (χ1v) is 6.39. The van der Waals surface area contributed by atoms with Gasteiger partial charge in [0.1, 0.15) is 5.75 Å². The molecule has 2 rings (SSSR count). The number of nitrogens with one attached hydrogen (secondary N) is 1. The quantitative estimate of drug-likeness (QED) is 0.913. The van der Waals surface area contributed by atoms with E-state index in [0.29, 0.717) is 0 Å². The number of ether oxygens (including phenoxy) is 1. The lowest BCUT2D eigenvalue weighted by atomic mass is 9.97. The van der Waals surface area contributed by atoms with Crippen LogP contribution in [0.25, 0.3) is 0 Å². The van der Waals surface area contributed by atoms with Crippen molar-refractivity contribution in [1.82, 2.24) is 10.3 Å². The molecule has 0 spiro atoms. The number of aromatic nitrogens is 1. The second-order valence-corrected chi connectivity index (χ2v) is 4.75. The number of aryl methyl sites for hydroxylation is 2. The Morgan fingerprint density at radius 1 is 1.11 bits per heavy atom. The molecule has 1 heterocycles. The maximum atomic E-state index is 5.31. The van der Waals surface area contributed by atoms with E-state index < -0.39 is 0 Å². The third kappa shape index (κ3) is 2.93. The van der Waals surface area contributed by atoms with E-state index in [2.05, 4.69) is 42.3 Å².